The molecule has 0 radical (unpaired) electrons. The third-order valence-electron chi connectivity index (χ3n) is 4.88. The molecule has 0 fully saturated rings. The Morgan fingerprint density at radius 2 is 1.72 bits per heavy atom. The molecule has 0 saturated carbocycles. The van der Waals surface area contributed by atoms with Gasteiger partial charge in [0.25, 0.3) is 5.91 Å². The molecular formula is C28H26N2O6. The predicted octanol–water partition coefficient (Wildman–Crippen LogP) is 4.76. The summed E-state index contributed by atoms with van der Waals surface area (Å²) in [7, 11) is 1.45. The highest BCUT2D eigenvalue weighted by atomic mass is 16.6. The van der Waals surface area contributed by atoms with Crippen molar-refractivity contribution >= 4 is 23.6 Å². The van der Waals surface area contributed by atoms with Crippen LogP contribution >= 0.6 is 0 Å². The van der Waals surface area contributed by atoms with E-state index in [2.05, 4.69) is 5.32 Å². The van der Waals surface area contributed by atoms with Gasteiger partial charge >= 0.3 is 5.97 Å². The van der Waals surface area contributed by atoms with E-state index in [1.807, 2.05) is 36.4 Å². The summed E-state index contributed by atoms with van der Waals surface area (Å²) in [4.78, 5) is 24.2. The van der Waals surface area contributed by atoms with Crippen LogP contribution in [0.4, 0.5) is 5.69 Å². The smallest absolute Gasteiger partial charge is 0.344 e. The Hall–Kier alpha value is -4.77. The Labute approximate surface area is 209 Å². The minimum absolute atomic E-state index is 0.0957. The zero-order valence-electron chi connectivity index (χ0n) is 20.0. The monoisotopic (exact) mass is 486 g/mol. The number of carbonyl (C=O) groups excluding carboxylic acids is 2. The minimum Gasteiger partial charge on any atom is -0.493 e. The molecule has 8 heteroatoms. The molecule has 1 amide bonds. The summed E-state index contributed by atoms with van der Waals surface area (Å²) in [5.41, 5.74) is 2.02. The lowest BCUT2D eigenvalue weighted by molar-refractivity contribution is -0.145. The molecule has 0 spiro atoms. The Bertz CT molecular complexity index is 1250. The number of anilines is 1. The maximum Gasteiger partial charge on any atom is 0.344 e. The van der Waals surface area contributed by atoms with Crippen molar-refractivity contribution < 1.29 is 28.5 Å². The van der Waals surface area contributed by atoms with Crippen molar-refractivity contribution in [3.05, 3.63) is 89.5 Å². The van der Waals surface area contributed by atoms with Gasteiger partial charge in [0.1, 0.15) is 24.0 Å². The van der Waals surface area contributed by atoms with Crippen LogP contribution in [0, 0.1) is 11.3 Å². The van der Waals surface area contributed by atoms with Crippen LogP contribution in [-0.2, 0) is 20.9 Å². The average molecular weight is 487 g/mol. The van der Waals surface area contributed by atoms with E-state index in [1.54, 1.807) is 49.4 Å². The standard InChI is InChI=1S/C28H26N2O6/c1-3-34-27(31)19-36-25-14-9-21(16-26(25)33-2)15-22(17-29)28(32)30-23-10-12-24(13-11-23)35-18-20-7-5-4-6-8-20/h4-16H,3,18-19H2,1-2H3,(H,30,32)/b22-15+. The van der Waals surface area contributed by atoms with Gasteiger partial charge in [-0.25, -0.2) is 4.79 Å². The lowest BCUT2D eigenvalue weighted by atomic mass is 10.1. The van der Waals surface area contributed by atoms with Crippen LogP contribution in [0.1, 0.15) is 18.1 Å². The molecule has 0 aliphatic heterocycles. The number of nitriles is 1. The average Bonchev–Trinajstić information content (AvgIpc) is 2.91. The molecule has 0 aliphatic rings. The number of ether oxygens (including phenoxy) is 4. The van der Waals surface area contributed by atoms with Crippen LogP contribution in [0.5, 0.6) is 17.2 Å². The van der Waals surface area contributed by atoms with Gasteiger partial charge < -0.3 is 24.3 Å². The van der Waals surface area contributed by atoms with Gasteiger partial charge in [-0.1, -0.05) is 36.4 Å². The maximum atomic E-state index is 12.7. The molecule has 3 rings (SSSR count). The molecule has 0 bridgehead atoms. The number of rotatable bonds is 11. The second kappa shape index (κ2) is 13.2. The molecule has 0 heterocycles. The van der Waals surface area contributed by atoms with Crippen molar-refractivity contribution in [1.82, 2.24) is 0 Å². The van der Waals surface area contributed by atoms with E-state index in [0.29, 0.717) is 35.1 Å². The molecule has 0 aliphatic carbocycles. The van der Waals surface area contributed by atoms with Crippen molar-refractivity contribution in [3.63, 3.8) is 0 Å². The normalized spacial score (nSPS) is 10.6. The molecule has 0 saturated heterocycles. The maximum absolute atomic E-state index is 12.7. The van der Waals surface area contributed by atoms with Gasteiger partial charge in [0.2, 0.25) is 0 Å². The summed E-state index contributed by atoms with van der Waals surface area (Å²) in [5.74, 6) is 0.280. The Morgan fingerprint density at radius 1 is 0.972 bits per heavy atom. The first-order chi connectivity index (χ1) is 17.5. The van der Waals surface area contributed by atoms with E-state index in [4.69, 9.17) is 18.9 Å². The Balaban J connectivity index is 1.63. The zero-order valence-corrected chi connectivity index (χ0v) is 20.0. The molecule has 0 aromatic heterocycles. The van der Waals surface area contributed by atoms with Gasteiger partial charge in [0.05, 0.1) is 13.7 Å². The number of carbonyl (C=O) groups is 2. The van der Waals surface area contributed by atoms with Crippen LogP contribution in [0.2, 0.25) is 0 Å². The number of benzene rings is 3. The first kappa shape index (κ1) is 25.8. The van der Waals surface area contributed by atoms with E-state index >= 15 is 0 Å². The number of hydrogen-bond acceptors (Lipinski definition) is 7. The van der Waals surface area contributed by atoms with E-state index < -0.39 is 11.9 Å². The number of amides is 1. The molecule has 8 nitrogen and oxygen atoms in total. The van der Waals surface area contributed by atoms with Crippen molar-refractivity contribution in [2.75, 3.05) is 25.6 Å². The van der Waals surface area contributed by atoms with Crippen LogP contribution in [0.3, 0.4) is 0 Å². The number of hydrogen-bond donors (Lipinski definition) is 1. The second-order valence-electron chi connectivity index (χ2n) is 7.43. The largest absolute Gasteiger partial charge is 0.493 e. The highest BCUT2D eigenvalue weighted by Gasteiger charge is 2.12. The summed E-state index contributed by atoms with van der Waals surface area (Å²) in [6.45, 7) is 2.14. The fourth-order valence-corrected chi connectivity index (χ4v) is 3.12. The topological polar surface area (TPSA) is 107 Å². The third kappa shape index (κ3) is 7.64. The molecule has 36 heavy (non-hydrogen) atoms. The van der Waals surface area contributed by atoms with Crippen LogP contribution in [0.15, 0.2) is 78.4 Å². The molecule has 0 atom stereocenters. The van der Waals surface area contributed by atoms with E-state index in [9.17, 15) is 14.9 Å². The van der Waals surface area contributed by atoms with Gasteiger partial charge in [0.15, 0.2) is 18.1 Å². The highest BCUT2D eigenvalue weighted by Crippen LogP contribution is 2.29. The molecule has 3 aromatic carbocycles. The summed E-state index contributed by atoms with van der Waals surface area (Å²) in [6, 6.07) is 23.4. The quantitative estimate of drug-likeness (QED) is 0.237. The first-order valence-electron chi connectivity index (χ1n) is 11.2. The predicted molar refractivity (Wildman–Crippen MR) is 135 cm³/mol. The summed E-state index contributed by atoms with van der Waals surface area (Å²) in [6.07, 6.45) is 1.43. The molecule has 184 valence electrons. The SMILES string of the molecule is CCOC(=O)COc1ccc(/C=C(\C#N)C(=O)Nc2ccc(OCc3ccccc3)cc2)cc1OC. The first-order valence-corrected chi connectivity index (χ1v) is 11.2. The van der Waals surface area contributed by atoms with Gasteiger partial charge in [-0.2, -0.15) is 5.26 Å². The van der Waals surface area contributed by atoms with E-state index in [0.717, 1.165) is 5.56 Å². The summed E-state index contributed by atoms with van der Waals surface area (Å²) < 4.78 is 21.3. The zero-order chi connectivity index (χ0) is 25.8. The minimum atomic E-state index is -0.558. The second-order valence-corrected chi connectivity index (χ2v) is 7.43. The third-order valence-corrected chi connectivity index (χ3v) is 4.88. The number of methoxy groups -OCH3 is 1. The van der Waals surface area contributed by atoms with Gasteiger partial charge in [-0.05, 0) is 60.5 Å². The number of esters is 1. The fraction of sp³-hybridized carbons (Fsp3) is 0.179. The molecular weight excluding hydrogens is 460 g/mol. The van der Waals surface area contributed by atoms with Crippen LogP contribution < -0.4 is 19.5 Å². The molecule has 1 N–H and O–H groups in total. The highest BCUT2D eigenvalue weighted by molar-refractivity contribution is 6.09. The van der Waals surface area contributed by atoms with Gasteiger partial charge in [-0.15, -0.1) is 0 Å². The van der Waals surface area contributed by atoms with Crippen LogP contribution in [-0.4, -0.2) is 32.2 Å². The Kier molecular flexibility index (Phi) is 9.48. The molecule has 3 aromatic rings. The van der Waals surface area contributed by atoms with Crippen molar-refractivity contribution in [1.29, 1.82) is 5.26 Å². The van der Waals surface area contributed by atoms with E-state index in [-0.39, 0.29) is 18.8 Å². The van der Waals surface area contributed by atoms with Gasteiger partial charge in [0, 0.05) is 5.69 Å². The van der Waals surface area contributed by atoms with Crippen molar-refractivity contribution in [2.45, 2.75) is 13.5 Å². The van der Waals surface area contributed by atoms with Crippen molar-refractivity contribution in [3.8, 4) is 23.3 Å². The lowest BCUT2D eigenvalue weighted by Crippen LogP contribution is -2.15. The lowest BCUT2D eigenvalue weighted by Gasteiger charge is -2.11. The van der Waals surface area contributed by atoms with Crippen LogP contribution in [0.25, 0.3) is 6.08 Å². The number of nitrogens with zero attached hydrogens (tertiary/aromatic N) is 1. The van der Waals surface area contributed by atoms with E-state index in [1.165, 1.54) is 13.2 Å². The summed E-state index contributed by atoms with van der Waals surface area (Å²) in [5, 5.41) is 12.2. The number of nitrogens with one attached hydrogen (secondary N) is 1. The fourth-order valence-electron chi connectivity index (χ4n) is 3.12. The molecule has 0 unspecified atom stereocenters. The Morgan fingerprint density at radius 3 is 2.39 bits per heavy atom. The van der Waals surface area contributed by atoms with Crippen molar-refractivity contribution in [2.24, 2.45) is 0 Å². The van der Waals surface area contributed by atoms with Gasteiger partial charge in [-0.3, -0.25) is 4.79 Å². The summed E-state index contributed by atoms with van der Waals surface area (Å²) >= 11 is 0.